The van der Waals surface area contributed by atoms with E-state index in [9.17, 15) is 0 Å². The van der Waals surface area contributed by atoms with Crippen molar-refractivity contribution in [2.75, 3.05) is 0 Å². The van der Waals surface area contributed by atoms with Gasteiger partial charge in [-0.2, -0.15) is 0 Å². The second-order valence-electron chi connectivity index (χ2n) is 2.50. The number of rotatable bonds is 1. The van der Waals surface area contributed by atoms with E-state index in [0.717, 1.165) is 17.9 Å². The number of aromatic nitrogens is 1. The van der Waals surface area contributed by atoms with Gasteiger partial charge in [-0.25, -0.2) is 0 Å². The minimum atomic E-state index is 0.931. The standard InChI is InChI=1S/C6H9NO.C3H8/c1-3-6-4-5(2)7-8-6;1-3-2/h4H,3H2,1-2H3;3H2,1-2H3. The molecule has 1 aromatic heterocycles. The van der Waals surface area contributed by atoms with Gasteiger partial charge >= 0.3 is 0 Å². The van der Waals surface area contributed by atoms with E-state index in [4.69, 9.17) is 4.52 Å². The lowest BCUT2D eigenvalue weighted by Gasteiger charge is -1.76. The highest BCUT2D eigenvalue weighted by atomic mass is 16.5. The van der Waals surface area contributed by atoms with Crippen LogP contribution in [-0.4, -0.2) is 5.16 Å². The molecule has 1 rings (SSSR count). The first kappa shape index (κ1) is 10.2. The minimum Gasteiger partial charge on any atom is -0.361 e. The van der Waals surface area contributed by atoms with Crippen LogP contribution in [0.25, 0.3) is 0 Å². The zero-order valence-corrected chi connectivity index (χ0v) is 7.85. The molecule has 0 aromatic carbocycles. The Morgan fingerprint density at radius 3 is 2.09 bits per heavy atom. The summed E-state index contributed by atoms with van der Waals surface area (Å²) >= 11 is 0. The van der Waals surface area contributed by atoms with E-state index in [2.05, 4.69) is 19.0 Å². The highest BCUT2D eigenvalue weighted by Gasteiger charge is 1.93. The second kappa shape index (κ2) is 5.96. The molecule has 0 amide bonds. The Bertz CT molecular complexity index is 181. The maximum Gasteiger partial charge on any atom is 0.136 e. The Morgan fingerprint density at radius 1 is 1.36 bits per heavy atom. The molecular formula is C9H17NO. The van der Waals surface area contributed by atoms with Gasteiger partial charge in [0.25, 0.3) is 0 Å². The molecule has 0 radical (unpaired) electrons. The summed E-state index contributed by atoms with van der Waals surface area (Å²) < 4.78 is 4.86. The largest absolute Gasteiger partial charge is 0.361 e. The van der Waals surface area contributed by atoms with E-state index < -0.39 is 0 Å². The van der Waals surface area contributed by atoms with Gasteiger partial charge in [-0.15, -0.1) is 0 Å². The lowest BCUT2D eigenvalue weighted by atomic mass is 10.3. The summed E-state index contributed by atoms with van der Waals surface area (Å²) in [4.78, 5) is 0. The summed E-state index contributed by atoms with van der Waals surface area (Å²) in [5, 5.41) is 3.71. The van der Waals surface area contributed by atoms with E-state index >= 15 is 0 Å². The van der Waals surface area contributed by atoms with Crippen LogP contribution in [0.3, 0.4) is 0 Å². The van der Waals surface area contributed by atoms with Gasteiger partial charge in [-0.1, -0.05) is 32.3 Å². The molecule has 1 aromatic rings. The Hall–Kier alpha value is -0.790. The van der Waals surface area contributed by atoms with Crippen LogP contribution in [0.2, 0.25) is 0 Å². The molecule has 64 valence electrons. The Labute approximate surface area is 68.6 Å². The quantitative estimate of drug-likeness (QED) is 0.623. The predicted molar refractivity (Wildman–Crippen MR) is 46.6 cm³/mol. The van der Waals surface area contributed by atoms with Crippen LogP contribution >= 0.6 is 0 Å². The van der Waals surface area contributed by atoms with Crippen molar-refractivity contribution in [1.82, 2.24) is 5.16 Å². The Morgan fingerprint density at radius 2 is 1.91 bits per heavy atom. The zero-order valence-electron chi connectivity index (χ0n) is 7.85. The fourth-order valence-electron chi connectivity index (χ4n) is 0.583. The highest BCUT2D eigenvalue weighted by molar-refractivity contribution is 5.01. The van der Waals surface area contributed by atoms with Crippen molar-refractivity contribution in [1.29, 1.82) is 0 Å². The molecule has 0 unspecified atom stereocenters. The van der Waals surface area contributed by atoms with Crippen LogP contribution in [0.4, 0.5) is 0 Å². The number of nitrogens with zero attached hydrogens (tertiary/aromatic N) is 1. The van der Waals surface area contributed by atoms with Gasteiger partial charge in [0.1, 0.15) is 5.76 Å². The van der Waals surface area contributed by atoms with Crippen LogP contribution < -0.4 is 0 Å². The van der Waals surface area contributed by atoms with E-state index in [1.54, 1.807) is 0 Å². The maximum atomic E-state index is 4.86. The van der Waals surface area contributed by atoms with Gasteiger partial charge in [0.05, 0.1) is 5.69 Å². The first-order valence-corrected chi connectivity index (χ1v) is 4.16. The van der Waals surface area contributed by atoms with Gasteiger partial charge < -0.3 is 4.52 Å². The molecule has 0 atom stereocenters. The van der Waals surface area contributed by atoms with Crippen molar-refractivity contribution in [3.8, 4) is 0 Å². The summed E-state index contributed by atoms with van der Waals surface area (Å²) in [6.07, 6.45) is 2.18. The second-order valence-corrected chi connectivity index (χ2v) is 2.50. The average Bonchev–Trinajstić information content (AvgIpc) is 2.37. The Kier molecular flexibility index (Phi) is 5.53. The minimum absolute atomic E-state index is 0.931. The highest BCUT2D eigenvalue weighted by Crippen LogP contribution is 2.00. The van der Waals surface area contributed by atoms with Crippen LogP contribution in [0.15, 0.2) is 10.6 Å². The molecule has 0 spiro atoms. The van der Waals surface area contributed by atoms with Crippen molar-refractivity contribution in [3.05, 3.63) is 17.5 Å². The molecule has 0 saturated heterocycles. The molecule has 0 saturated carbocycles. The van der Waals surface area contributed by atoms with Crippen LogP contribution in [-0.2, 0) is 6.42 Å². The lowest BCUT2D eigenvalue weighted by Crippen LogP contribution is -1.67. The molecule has 0 aliphatic rings. The van der Waals surface area contributed by atoms with E-state index in [1.807, 2.05) is 19.9 Å². The molecule has 0 fully saturated rings. The van der Waals surface area contributed by atoms with Crippen molar-refractivity contribution >= 4 is 0 Å². The SMILES string of the molecule is CCC.CCc1cc(C)no1. The summed E-state index contributed by atoms with van der Waals surface area (Å²) in [6, 6.07) is 1.94. The van der Waals surface area contributed by atoms with Gasteiger partial charge in [-0.05, 0) is 6.92 Å². The summed E-state index contributed by atoms with van der Waals surface area (Å²) in [7, 11) is 0. The third kappa shape index (κ3) is 4.59. The third-order valence-corrected chi connectivity index (χ3v) is 1.03. The van der Waals surface area contributed by atoms with E-state index in [1.165, 1.54) is 6.42 Å². The summed E-state index contributed by atoms with van der Waals surface area (Å²) in [5.74, 6) is 0.961. The lowest BCUT2D eigenvalue weighted by molar-refractivity contribution is 0.383. The molecule has 0 aliphatic carbocycles. The zero-order chi connectivity index (χ0) is 8.69. The van der Waals surface area contributed by atoms with Crippen molar-refractivity contribution in [2.24, 2.45) is 0 Å². The molecule has 0 N–H and O–H groups in total. The normalized spacial score (nSPS) is 8.73. The molecule has 11 heavy (non-hydrogen) atoms. The molecule has 2 nitrogen and oxygen atoms in total. The van der Waals surface area contributed by atoms with Crippen molar-refractivity contribution in [3.63, 3.8) is 0 Å². The Balaban J connectivity index is 0.000000292. The summed E-state index contributed by atoms with van der Waals surface area (Å²) in [5.41, 5.74) is 0.960. The van der Waals surface area contributed by atoms with E-state index in [-0.39, 0.29) is 0 Å². The van der Waals surface area contributed by atoms with Crippen LogP contribution in [0, 0.1) is 6.92 Å². The van der Waals surface area contributed by atoms with Crippen molar-refractivity contribution < 1.29 is 4.52 Å². The van der Waals surface area contributed by atoms with Gasteiger partial charge in [0, 0.05) is 12.5 Å². The smallest absolute Gasteiger partial charge is 0.136 e. The molecule has 2 heteroatoms. The van der Waals surface area contributed by atoms with Crippen molar-refractivity contribution in [2.45, 2.75) is 40.5 Å². The number of hydrogen-bond donors (Lipinski definition) is 0. The molecular weight excluding hydrogens is 138 g/mol. The predicted octanol–water partition coefficient (Wildman–Crippen LogP) is 2.96. The van der Waals surface area contributed by atoms with Gasteiger partial charge in [0.15, 0.2) is 0 Å². The van der Waals surface area contributed by atoms with Gasteiger partial charge in [0.2, 0.25) is 0 Å². The first-order chi connectivity index (χ1) is 5.24. The maximum absolute atomic E-state index is 4.86. The first-order valence-electron chi connectivity index (χ1n) is 4.16. The monoisotopic (exact) mass is 155 g/mol. The third-order valence-electron chi connectivity index (χ3n) is 1.03. The fraction of sp³-hybridized carbons (Fsp3) is 0.667. The topological polar surface area (TPSA) is 26.0 Å². The number of hydrogen-bond acceptors (Lipinski definition) is 2. The fourth-order valence-corrected chi connectivity index (χ4v) is 0.583. The average molecular weight is 155 g/mol. The van der Waals surface area contributed by atoms with Crippen LogP contribution in [0.5, 0.6) is 0 Å². The summed E-state index contributed by atoms with van der Waals surface area (Å²) in [6.45, 7) is 8.21. The number of aryl methyl sites for hydroxylation is 2. The molecule has 0 bridgehead atoms. The van der Waals surface area contributed by atoms with Gasteiger partial charge in [-0.3, -0.25) is 0 Å². The van der Waals surface area contributed by atoms with Crippen LogP contribution in [0.1, 0.15) is 38.6 Å². The van der Waals surface area contributed by atoms with E-state index in [0.29, 0.717) is 0 Å². The molecule has 1 heterocycles. The molecule has 0 aliphatic heterocycles.